The molecule has 0 saturated carbocycles. The lowest BCUT2D eigenvalue weighted by Crippen LogP contribution is -2.17. The average molecular weight is 838 g/mol. The van der Waals surface area contributed by atoms with Gasteiger partial charge in [-0.1, -0.05) is 146 Å². The Morgan fingerprint density at radius 2 is 1.23 bits per heavy atom. The molecule has 0 bridgehead atoms. The van der Waals surface area contributed by atoms with Crippen LogP contribution in [-0.2, 0) is 0 Å². The summed E-state index contributed by atoms with van der Waals surface area (Å²) in [4.78, 5) is 11.4. The molecule has 4 nitrogen and oxygen atoms in total. The normalized spacial score (nSPS) is 15.5. The van der Waals surface area contributed by atoms with Gasteiger partial charge in [-0.25, -0.2) is 9.98 Å². The Hall–Kier alpha value is -7.86. The number of hydrogen-bond acceptors (Lipinski definition) is 4. The van der Waals surface area contributed by atoms with Gasteiger partial charge in [0.25, 0.3) is 0 Å². The first-order valence-corrected chi connectivity index (χ1v) is 22.8. The van der Waals surface area contributed by atoms with Gasteiger partial charge in [0.2, 0.25) is 0 Å². The number of aliphatic imine (C=N–C) groups is 2. The van der Waals surface area contributed by atoms with Crippen LogP contribution in [0.1, 0.15) is 30.0 Å². The highest BCUT2D eigenvalue weighted by Gasteiger charge is 2.24. The molecule has 0 amide bonds. The van der Waals surface area contributed by atoms with Gasteiger partial charge in [-0.05, 0) is 94.5 Å². The van der Waals surface area contributed by atoms with E-state index >= 15 is 0 Å². The van der Waals surface area contributed by atoms with Gasteiger partial charge in [0.1, 0.15) is 11.2 Å². The number of rotatable bonds is 5. The van der Waals surface area contributed by atoms with E-state index in [1.54, 1.807) is 0 Å². The smallest absolute Gasteiger partial charge is 0.160 e. The van der Waals surface area contributed by atoms with Crippen molar-refractivity contribution >= 4 is 103 Å². The summed E-state index contributed by atoms with van der Waals surface area (Å²) >= 11 is 1.84. The van der Waals surface area contributed by atoms with E-state index in [4.69, 9.17) is 14.4 Å². The maximum absolute atomic E-state index is 6.42. The van der Waals surface area contributed by atoms with Gasteiger partial charge in [-0.15, -0.1) is 11.3 Å². The number of nitrogens with zero attached hydrogens (tertiary/aromatic N) is 3. The Morgan fingerprint density at radius 3 is 2.12 bits per heavy atom. The van der Waals surface area contributed by atoms with E-state index in [-0.39, 0.29) is 5.92 Å². The van der Waals surface area contributed by atoms with E-state index in [1.807, 2.05) is 23.5 Å². The first-order valence-electron chi connectivity index (χ1n) is 21.9. The zero-order chi connectivity index (χ0) is 42.3. The predicted octanol–water partition coefficient (Wildman–Crippen LogP) is 16.2. The highest BCUT2D eigenvalue weighted by molar-refractivity contribution is 7.26. The quantitative estimate of drug-likeness (QED) is 0.170. The maximum atomic E-state index is 6.42. The minimum Gasteiger partial charge on any atom is -0.456 e. The molecule has 64 heavy (non-hydrogen) atoms. The Morgan fingerprint density at radius 1 is 0.516 bits per heavy atom. The molecule has 9 aromatic carbocycles. The van der Waals surface area contributed by atoms with Gasteiger partial charge in [0.05, 0.1) is 32.8 Å². The van der Waals surface area contributed by atoms with E-state index in [0.717, 1.165) is 67.5 Å². The maximum Gasteiger partial charge on any atom is 0.160 e. The second kappa shape index (κ2) is 14.6. The molecule has 4 heterocycles. The Kier molecular flexibility index (Phi) is 8.40. The van der Waals surface area contributed by atoms with Crippen LogP contribution in [0.2, 0.25) is 0 Å². The van der Waals surface area contributed by atoms with Crippen molar-refractivity contribution in [3.63, 3.8) is 0 Å². The zero-order valence-corrected chi connectivity index (χ0v) is 35.8. The van der Waals surface area contributed by atoms with E-state index in [9.17, 15) is 0 Å². The van der Waals surface area contributed by atoms with Gasteiger partial charge in [0, 0.05) is 54.1 Å². The van der Waals surface area contributed by atoms with Crippen LogP contribution in [-0.4, -0.2) is 16.1 Å². The first kappa shape index (κ1) is 36.8. The molecule has 12 aromatic rings. The molecule has 1 unspecified atom stereocenters. The molecular weight excluding hydrogens is 799 g/mol. The fourth-order valence-electron chi connectivity index (χ4n) is 9.93. The highest BCUT2D eigenvalue weighted by atomic mass is 32.1. The molecule has 1 aliphatic heterocycles. The van der Waals surface area contributed by atoms with Crippen molar-refractivity contribution < 1.29 is 4.42 Å². The third-order valence-corrected chi connectivity index (χ3v) is 14.2. The van der Waals surface area contributed by atoms with E-state index in [0.29, 0.717) is 5.84 Å². The Labute approximate surface area is 373 Å². The predicted molar refractivity (Wildman–Crippen MR) is 272 cm³/mol. The average Bonchev–Trinajstić information content (AvgIpc) is 4.02. The molecule has 1 aliphatic rings. The molecule has 5 heteroatoms. The van der Waals surface area contributed by atoms with Crippen molar-refractivity contribution in [3.8, 4) is 16.8 Å². The summed E-state index contributed by atoms with van der Waals surface area (Å²) in [6.45, 7) is 2.29. The molecular formula is C59H39N3OS. The van der Waals surface area contributed by atoms with Crippen molar-refractivity contribution in [2.45, 2.75) is 13.3 Å². The molecule has 302 valence electrons. The summed E-state index contributed by atoms with van der Waals surface area (Å²) in [6.07, 6.45) is 3.07. The number of benzene rings is 9. The van der Waals surface area contributed by atoms with Crippen LogP contribution >= 0.6 is 11.3 Å². The summed E-state index contributed by atoms with van der Waals surface area (Å²) in [5.74, 6) is 0.791. The molecule has 3 aromatic heterocycles. The number of para-hydroxylation sites is 2. The molecule has 0 aliphatic carbocycles. The van der Waals surface area contributed by atoms with Crippen molar-refractivity contribution in [2.75, 3.05) is 0 Å². The third-order valence-electron chi connectivity index (χ3n) is 13.1. The topological polar surface area (TPSA) is 42.8 Å². The highest BCUT2D eigenvalue weighted by Crippen LogP contribution is 2.44. The minimum atomic E-state index is 0.0999. The summed E-state index contributed by atoms with van der Waals surface area (Å²) in [5, 5.41) is 9.51. The number of allylic oxidation sites excluding steroid dienone is 1. The number of fused-ring (bicyclic) bond motifs is 10. The number of thiophene rings is 1. The summed E-state index contributed by atoms with van der Waals surface area (Å²) in [7, 11) is 0. The standard InChI is InChI=1S/C59H39N3OS/c1-36-26-30-49(41-27-28-45-44-21-8-11-24-53(44)63-54(45)35-41)60-59(61-57(36)42-19-13-18-38(32-42)37-14-3-2-4-15-37)47-29-31-51(58-56(47)46-22-9-12-25-55(46)64-58)62-50-23-10-7-20-43(50)48-33-39-16-5-6-17-40(39)34-52(48)62/h2-25,27-36H,26H2,1H3/b49-30+,60-59?,61-57?. The zero-order valence-electron chi connectivity index (χ0n) is 35.0. The van der Waals surface area contributed by atoms with Crippen LogP contribution < -0.4 is 0 Å². The van der Waals surface area contributed by atoms with Gasteiger partial charge in [-0.2, -0.15) is 0 Å². The van der Waals surface area contributed by atoms with Gasteiger partial charge in [0.15, 0.2) is 5.84 Å². The third kappa shape index (κ3) is 5.89. The number of aromatic nitrogens is 1. The summed E-state index contributed by atoms with van der Waals surface area (Å²) in [6, 6.07) is 69.7. The van der Waals surface area contributed by atoms with Crippen molar-refractivity contribution in [1.29, 1.82) is 0 Å². The first-order chi connectivity index (χ1) is 31.6. The second-order valence-corrected chi connectivity index (χ2v) is 18.0. The Balaban J connectivity index is 1.07. The van der Waals surface area contributed by atoms with Crippen molar-refractivity contribution in [1.82, 2.24) is 4.57 Å². The molecule has 0 saturated heterocycles. The summed E-state index contributed by atoms with van der Waals surface area (Å²) < 4.78 is 11.3. The largest absolute Gasteiger partial charge is 0.456 e. The van der Waals surface area contributed by atoms with Crippen molar-refractivity contribution in [2.24, 2.45) is 15.9 Å². The lowest BCUT2D eigenvalue weighted by Gasteiger charge is -2.20. The lowest BCUT2D eigenvalue weighted by molar-refractivity contribution is 0.669. The molecule has 0 radical (unpaired) electrons. The van der Waals surface area contributed by atoms with Crippen LogP contribution in [0, 0.1) is 5.92 Å². The molecule has 13 rings (SSSR count). The van der Waals surface area contributed by atoms with Gasteiger partial charge >= 0.3 is 0 Å². The molecule has 0 fully saturated rings. The van der Waals surface area contributed by atoms with Crippen molar-refractivity contribution in [3.05, 3.63) is 217 Å². The SMILES string of the molecule is CC1C/C=C(\c2ccc3c(c2)oc2ccccc23)N=C(c2ccc(-n3c4ccccc4c4cc5ccccc5cc43)c3sc4ccccc4c23)N=C1c1cccc(-c2ccccc2)c1. The number of amidine groups is 1. The Bertz CT molecular complexity index is 3950. The monoisotopic (exact) mass is 837 g/mol. The van der Waals surface area contributed by atoms with Gasteiger partial charge < -0.3 is 8.98 Å². The lowest BCUT2D eigenvalue weighted by atomic mass is 9.91. The van der Waals surface area contributed by atoms with Crippen LogP contribution in [0.5, 0.6) is 0 Å². The fourth-order valence-corrected chi connectivity index (χ4v) is 11.2. The number of furan rings is 1. The van der Waals surface area contributed by atoms with Crippen LogP contribution in [0.25, 0.3) is 97.2 Å². The fraction of sp³-hybridized carbons (Fsp3) is 0.0508. The molecule has 0 N–H and O–H groups in total. The van der Waals surface area contributed by atoms with E-state index < -0.39 is 0 Å². The molecule has 1 atom stereocenters. The van der Waals surface area contributed by atoms with Crippen LogP contribution in [0.4, 0.5) is 0 Å². The molecule has 0 spiro atoms. The van der Waals surface area contributed by atoms with Crippen LogP contribution in [0.15, 0.2) is 215 Å². The number of hydrogen-bond donors (Lipinski definition) is 0. The van der Waals surface area contributed by atoms with E-state index in [1.165, 1.54) is 58.5 Å². The minimum absolute atomic E-state index is 0.0999. The van der Waals surface area contributed by atoms with E-state index in [2.05, 4.69) is 200 Å². The second-order valence-electron chi connectivity index (χ2n) is 16.9. The van der Waals surface area contributed by atoms with Crippen LogP contribution in [0.3, 0.4) is 0 Å². The summed E-state index contributed by atoms with van der Waals surface area (Å²) in [5.41, 5.74) is 12.6. The van der Waals surface area contributed by atoms with Gasteiger partial charge in [-0.3, -0.25) is 0 Å².